The summed E-state index contributed by atoms with van der Waals surface area (Å²) in [6.45, 7) is 3.55. The Bertz CT molecular complexity index is 3270. The molecule has 0 unspecified atom stereocenters. The zero-order chi connectivity index (χ0) is 60.8. The number of amides is 1. The van der Waals surface area contributed by atoms with Gasteiger partial charge >= 0.3 is 6.09 Å². The van der Waals surface area contributed by atoms with Crippen molar-refractivity contribution in [1.82, 2.24) is 4.90 Å². The minimum atomic E-state index is -1.25. The molecule has 0 spiro atoms. The lowest BCUT2D eigenvalue weighted by molar-refractivity contribution is -0.379. The summed E-state index contributed by atoms with van der Waals surface area (Å²) in [5, 5.41) is 11.0. The number of carboxylic acid groups (broad SMARTS) is 1. The van der Waals surface area contributed by atoms with Crippen molar-refractivity contribution in [1.29, 1.82) is 0 Å². The highest BCUT2D eigenvalue weighted by Crippen LogP contribution is 2.39. The Kier molecular flexibility index (Phi) is 23.3. The fourth-order valence-electron chi connectivity index (χ4n) is 11.6. The van der Waals surface area contributed by atoms with Crippen LogP contribution in [-0.4, -0.2) is 116 Å². The van der Waals surface area contributed by atoms with Crippen LogP contribution in [-0.2, 0) is 110 Å². The molecule has 3 fully saturated rings. The van der Waals surface area contributed by atoms with E-state index >= 15 is 0 Å². The van der Waals surface area contributed by atoms with E-state index in [1.807, 2.05) is 250 Å². The quantitative estimate of drug-likeness (QED) is 0.0455. The van der Waals surface area contributed by atoms with Crippen molar-refractivity contribution in [2.75, 3.05) is 19.8 Å². The van der Waals surface area contributed by atoms with E-state index < -0.39 is 85.8 Å². The maximum Gasteiger partial charge on any atom is 0.407 e. The molecular weight excluding hydrogens is 1130 g/mol. The second-order valence-electron chi connectivity index (χ2n) is 22.6. The van der Waals surface area contributed by atoms with Crippen LogP contribution in [0.4, 0.5) is 4.79 Å². The van der Waals surface area contributed by atoms with Crippen LogP contribution in [0.1, 0.15) is 51.4 Å². The van der Waals surface area contributed by atoms with Gasteiger partial charge in [0, 0.05) is 0 Å². The molecule has 0 saturated carbocycles. The van der Waals surface area contributed by atoms with Gasteiger partial charge < -0.3 is 61.9 Å². The number of benzene rings is 8. The first-order valence-electron chi connectivity index (χ1n) is 30.7. The van der Waals surface area contributed by atoms with Gasteiger partial charge in [0.05, 0.1) is 84.8 Å². The lowest BCUT2D eigenvalue weighted by atomic mass is 9.95. The summed E-state index contributed by atoms with van der Waals surface area (Å²) in [6.07, 6.45) is -12.2. The fourth-order valence-corrected chi connectivity index (χ4v) is 11.6. The van der Waals surface area contributed by atoms with Gasteiger partial charge in [-0.2, -0.15) is 0 Å². The number of ether oxygens (including phenoxy) is 12. The summed E-state index contributed by atoms with van der Waals surface area (Å²) < 4.78 is 84.9. The van der Waals surface area contributed by atoms with Crippen molar-refractivity contribution in [2.45, 2.75) is 139 Å². The molecule has 89 heavy (non-hydrogen) atoms. The van der Waals surface area contributed by atoms with Crippen LogP contribution in [0.5, 0.6) is 0 Å². The molecule has 13 atom stereocenters. The van der Waals surface area contributed by atoms with Gasteiger partial charge in [-0.15, -0.1) is 0 Å². The molecule has 11 rings (SSSR count). The van der Waals surface area contributed by atoms with Crippen LogP contribution < -0.4 is 0 Å². The third kappa shape index (κ3) is 17.9. The Hall–Kier alpha value is -7.45. The van der Waals surface area contributed by atoms with Gasteiger partial charge in [-0.3, -0.25) is 4.90 Å². The third-order valence-electron chi connectivity index (χ3n) is 16.2. The molecule has 0 aliphatic carbocycles. The van der Waals surface area contributed by atoms with Gasteiger partial charge in [-0.05, 0) is 51.4 Å². The molecule has 15 heteroatoms. The molecule has 464 valence electrons. The zero-order valence-electron chi connectivity index (χ0n) is 50.1. The molecule has 3 saturated heterocycles. The van der Waals surface area contributed by atoms with Crippen LogP contribution in [0.25, 0.3) is 0 Å². The lowest BCUT2D eigenvalue weighted by Crippen LogP contribution is -2.66. The number of hydrogen-bond acceptors (Lipinski definition) is 13. The van der Waals surface area contributed by atoms with E-state index in [0.717, 1.165) is 44.5 Å². The first-order chi connectivity index (χ1) is 43.9. The van der Waals surface area contributed by atoms with E-state index in [4.69, 9.17) is 56.8 Å². The third-order valence-corrected chi connectivity index (χ3v) is 16.2. The molecule has 3 heterocycles. The van der Waals surface area contributed by atoms with Crippen LogP contribution in [0.3, 0.4) is 0 Å². The Morgan fingerprint density at radius 3 is 1.06 bits per heavy atom. The van der Waals surface area contributed by atoms with E-state index in [9.17, 15) is 9.90 Å². The summed E-state index contributed by atoms with van der Waals surface area (Å²) in [7, 11) is 0. The van der Waals surface area contributed by atoms with Crippen LogP contribution in [0, 0.1) is 0 Å². The monoisotopic (exact) mass is 1210 g/mol. The van der Waals surface area contributed by atoms with E-state index in [1.165, 1.54) is 4.90 Å². The predicted molar refractivity (Wildman–Crippen MR) is 334 cm³/mol. The summed E-state index contributed by atoms with van der Waals surface area (Å²) in [5.74, 6) is 0. The SMILES string of the molecule is C[C@H]1O[C@H](O[C@H]2[C@H](OCc3ccccc3)[C@@H](OCc3ccccc3)[C@@H](O[C@@H]3[C@@H](COCc4ccccc4)N(C(=O)O)C[C@H]3OCc3ccccc3)O[C@@H]2COCc2ccccc2)[C@H](OCc2ccccc2)[C@@H](OCc2ccccc2)[C@@H]1OCc1ccccc1. The highest BCUT2D eigenvalue weighted by molar-refractivity contribution is 5.66. The Morgan fingerprint density at radius 1 is 0.371 bits per heavy atom. The predicted octanol–water partition coefficient (Wildman–Crippen LogP) is 12.5. The summed E-state index contributed by atoms with van der Waals surface area (Å²) in [5.41, 5.74) is 7.46. The number of nitrogens with zero attached hydrogens (tertiary/aromatic N) is 1. The molecule has 0 aromatic heterocycles. The van der Waals surface area contributed by atoms with Crippen molar-refractivity contribution >= 4 is 6.09 Å². The summed E-state index contributed by atoms with van der Waals surface area (Å²) >= 11 is 0. The lowest BCUT2D eigenvalue weighted by Gasteiger charge is -2.50. The summed E-state index contributed by atoms with van der Waals surface area (Å²) in [6, 6.07) is 78.3. The molecular formula is C74H79NO14. The molecule has 0 bridgehead atoms. The van der Waals surface area contributed by atoms with Gasteiger partial charge in [0.1, 0.15) is 54.9 Å². The standard InChI is InChI=1S/C74H79NO14/c1-53-65(81-46-57-32-16-5-17-33-57)68(82-47-58-34-18-6-19-35-58)70(84-49-60-38-22-8-23-39-60)72(86-53)89-67-64(52-79-44-55-28-12-3-13-29-55)87-73(71(85-50-61-40-24-9-25-41-61)69(67)83-48-59-36-20-7-21-37-59)88-66-62(51-78-43-54-26-10-2-11-27-54)75(74(76)77)42-63(66)80-45-56-30-14-4-15-31-56/h2-41,53,62-73H,42-52H2,1H3,(H,76,77)/t53-,62-,63-,64-,65-,66-,67-,68+,69+,70-,71-,72-,73-/m1/s1. The maximum absolute atomic E-state index is 13.5. The molecule has 3 aliphatic rings. The maximum atomic E-state index is 13.5. The zero-order valence-corrected chi connectivity index (χ0v) is 50.1. The minimum absolute atomic E-state index is 0.0110. The number of likely N-dealkylation sites (tertiary alicyclic amines) is 1. The Balaban J connectivity index is 0.993. The first-order valence-corrected chi connectivity index (χ1v) is 30.7. The molecule has 15 nitrogen and oxygen atoms in total. The van der Waals surface area contributed by atoms with Crippen molar-refractivity contribution in [3.05, 3.63) is 287 Å². The van der Waals surface area contributed by atoms with Crippen molar-refractivity contribution in [3.8, 4) is 0 Å². The van der Waals surface area contributed by atoms with Gasteiger partial charge in [0.2, 0.25) is 0 Å². The van der Waals surface area contributed by atoms with Crippen LogP contribution in [0.2, 0.25) is 0 Å². The molecule has 3 aliphatic heterocycles. The van der Waals surface area contributed by atoms with Crippen molar-refractivity contribution < 1.29 is 66.7 Å². The number of carbonyl (C=O) groups is 1. The summed E-state index contributed by atoms with van der Waals surface area (Å²) in [4.78, 5) is 14.8. The van der Waals surface area contributed by atoms with Crippen molar-refractivity contribution in [2.24, 2.45) is 0 Å². The van der Waals surface area contributed by atoms with E-state index in [2.05, 4.69) is 0 Å². The number of rotatable bonds is 30. The second-order valence-corrected chi connectivity index (χ2v) is 22.6. The fraction of sp³-hybridized carbons (Fsp3) is 0.338. The van der Waals surface area contributed by atoms with Crippen molar-refractivity contribution in [3.63, 3.8) is 0 Å². The molecule has 8 aromatic rings. The Morgan fingerprint density at radius 2 is 0.674 bits per heavy atom. The van der Waals surface area contributed by atoms with Gasteiger partial charge in [-0.1, -0.05) is 243 Å². The molecule has 8 aromatic carbocycles. The molecule has 1 N–H and O–H groups in total. The van der Waals surface area contributed by atoms with E-state index in [-0.39, 0.29) is 66.0 Å². The van der Waals surface area contributed by atoms with Gasteiger partial charge in [0.25, 0.3) is 0 Å². The van der Waals surface area contributed by atoms with E-state index in [1.54, 1.807) is 0 Å². The number of hydrogen-bond donors (Lipinski definition) is 1. The smallest absolute Gasteiger partial charge is 0.407 e. The van der Waals surface area contributed by atoms with E-state index in [0.29, 0.717) is 6.61 Å². The Labute approximate surface area is 521 Å². The van der Waals surface area contributed by atoms with Crippen LogP contribution in [0.15, 0.2) is 243 Å². The first kappa shape index (κ1) is 63.1. The van der Waals surface area contributed by atoms with Gasteiger partial charge in [0.15, 0.2) is 12.6 Å². The highest BCUT2D eigenvalue weighted by Gasteiger charge is 2.56. The molecule has 0 radical (unpaired) electrons. The normalized spacial score (nSPS) is 25.2. The average Bonchev–Trinajstić information content (AvgIpc) is 1.77. The molecule has 1 amide bonds. The largest absolute Gasteiger partial charge is 0.465 e. The van der Waals surface area contributed by atoms with Gasteiger partial charge in [-0.25, -0.2) is 4.79 Å². The minimum Gasteiger partial charge on any atom is -0.465 e. The topological polar surface area (TPSA) is 151 Å². The second kappa shape index (κ2) is 32.9. The average molecular weight is 1210 g/mol. The highest BCUT2D eigenvalue weighted by atomic mass is 16.8. The van der Waals surface area contributed by atoms with Crippen LogP contribution >= 0.6 is 0 Å².